The van der Waals surface area contributed by atoms with Crippen molar-refractivity contribution in [2.45, 2.75) is 13.8 Å². The van der Waals surface area contributed by atoms with Crippen LogP contribution in [0.4, 0.5) is 0 Å². The van der Waals surface area contributed by atoms with Gasteiger partial charge in [-0.1, -0.05) is 15.9 Å². The van der Waals surface area contributed by atoms with Crippen LogP contribution in [0.3, 0.4) is 0 Å². The number of aromatic nitrogens is 3. The van der Waals surface area contributed by atoms with Gasteiger partial charge in [0, 0.05) is 10.0 Å². The first-order valence-electron chi connectivity index (χ1n) is 5.38. The molecule has 0 aliphatic heterocycles. The number of hydrogen-bond acceptors (Lipinski definition) is 4. The van der Waals surface area contributed by atoms with Crippen LogP contribution in [0, 0.1) is 13.8 Å². The predicted molar refractivity (Wildman–Crippen MR) is 73.2 cm³/mol. The summed E-state index contributed by atoms with van der Waals surface area (Å²) >= 11 is 3.42. The van der Waals surface area contributed by atoms with Crippen LogP contribution in [-0.2, 0) is 0 Å². The third-order valence-electron chi connectivity index (χ3n) is 2.46. The summed E-state index contributed by atoms with van der Waals surface area (Å²) < 4.78 is 7.93. The van der Waals surface area contributed by atoms with E-state index in [0.717, 1.165) is 27.4 Å². The first kappa shape index (κ1) is 12.8. The molecule has 94 valence electrons. The van der Waals surface area contributed by atoms with Crippen molar-refractivity contribution in [1.29, 1.82) is 0 Å². The summed E-state index contributed by atoms with van der Waals surface area (Å²) in [7, 11) is 1.63. The van der Waals surface area contributed by atoms with Crippen molar-refractivity contribution in [3.63, 3.8) is 0 Å². The predicted octanol–water partition coefficient (Wildman–Crippen LogP) is 2.55. The lowest BCUT2D eigenvalue weighted by atomic mass is 10.2. The molecule has 0 unspecified atom stereocenters. The Bertz CT molecular complexity index is 572. The molecule has 5 nitrogen and oxygen atoms in total. The van der Waals surface area contributed by atoms with Crippen molar-refractivity contribution in [1.82, 2.24) is 14.9 Å². The van der Waals surface area contributed by atoms with Gasteiger partial charge in [0.25, 0.3) is 0 Å². The Labute approximate surface area is 114 Å². The van der Waals surface area contributed by atoms with Crippen molar-refractivity contribution in [2.75, 3.05) is 7.11 Å². The second kappa shape index (κ2) is 5.30. The number of rotatable bonds is 3. The number of methoxy groups -OCH3 is 1. The molecule has 0 spiro atoms. The van der Waals surface area contributed by atoms with Gasteiger partial charge < -0.3 is 4.74 Å². The van der Waals surface area contributed by atoms with Crippen LogP contribution in [0.2, 0.25) is 0 Å². The van der Waals surface area contributed by atoms with Crippen molar-refractivity contribution < 1.29 is 4.74 Å². The molecule has 1 heterocycles. The summed E-state index contributed by atoms with van der Waals surface area (Å²) in [5, 5.41) is 12.2. The van der Waals surface area contributed by atoms with E-state index in [1.54, 1.807) is 18.0 Å². The van der Waals surface area contributed by atoms with Gasteiger partial charge in [-0.25, -0.2) is 4.68 Å². The van der Waals surface area contributed by atoms with Crippen LogP contribution in [0.25, 0.3) is 0 Å². The fraction of sp³-hybridized carbons (Fsp3) is 0.250. The highest BCUT2D eigenvalue weighted by atomic mass is 79.9. The molecule has 6 heteroatoms. The molecule has 0 aliphatic carbocycles. The zero-order valence-electron chi connectivity index (χ0n) is 10.4. The highest BCUT2D eigenvalue weighted by molar-refractivity contribution is 9.10. The molecule has 1 aromatic carbocycles. The number of aryl methyl sites for hydroxylation is 2. The number of hydrogen-bond donors (Lipinski definition) is 0. The van der Waals surface area contributed by atoms with Crippen molar-refractivity contribution >= 4 is 22.1 Å². The lowest BCUT2D eigenvalue weighted by molar-refractivity contribution is 0.414. The van der Waals surface area contributed by atoms with E-state index in [2.05, 4.69) is 31.2 Å². The summed E-state index contributed by atoms with van der Waals surface area (Å²) in [6, 6.07) is 5.75. The summed E-state index contributed by atoms with van der Waals surface area (Å²) in [6.07, 6.45) is 1.73. The normalized spacial score (nSPS) is 11.1. The average Bonchev–Trinajstić information content (AvgIpc) is 2.67. The zero-order chi connectivity index (χ0) is 13.1. The maximum absolute atomic E-state index is 5.28. The molecule has 0 aliphatic rings. The maximum atomic E-state index is 5.28. The Morgan fingerprint density at radius 1 is 1.28 bits per heavy atom. The van der Waals surface area contributed by atoms with E-state index in [1.165, 1.54) is 0 Å². The summed E-state index contributed by atoms with van der Waals surface area (Å²) in [5.74, 6) is 2.26. The van der Waals surface area contributed by atoms with Crippen LogP contribution in [0.1, 0.15) is 17.2 Å². The molecular weight excluding hydrogens is 296 g/mol. The molecule has 0 amide bonds. The Morgan fingerprint density at radius 2 is 1.94 bits per heavy atom. The van der Waals surface area contributed by atoms with Gasteiger partial charge in [0.1, 0.15) is 5.75 Å². The number of nitrogens with zero attached hydrogens (tertiary/aromatic N) is 4. The van der Waals surface area contributed by atoms with Crippen LogP contribution in [0.15, 0.2) is 27.8 Å². The monoisotopic (exact) mass is 308 g/mol. The van der Waals surface area contributed by atoms with E-state index in [9.17, 15) is 0 Å². The summed E-state index contributed by atoms with van der Waals surface area (Å²) in [6.45, 7) is 3.71. The second-order valence-electron chi connectivity index (χ2n) is 3.74. The molecule has 0 saturated heterocycles. The highest BCUT2D eigenvalue weighted by Crippen LogP contribution is 2.21. The van der Waals surface area contributed by atoms with E-state index in [1.807, 2.05) is 32.0 Å². The molecule has 1 aromatic heterocycles. The lowest BCUT2D eigenvalue weighted by Crippen LogP contribution is -1.97. The average molecular weight is 309 g/mol. The third-order valence-corrected chi connectivity index (χ3v) is 2.95. The van der Waals surface area contributed by atoms with Crippen molar-refractivity contribution in [3.05, 3.63) is 39.9 Å². The van der Waals surface area contributed by atoms with Gasteiger partial charge in [0.05, 0.1) is 13.3 Å². The molecule has 0 saturated carbocycles. The Hall–Kier alpha value is -1.69. The van der Waals surface area contributed by atoms with Gasteiger partial charge in [0.2, 0.25) is 0 Å². The second-order valence-corrected chi connectivity index (χ2v) is 4.65. The van der Waals surface area contributed by atoms with E-state index >= 15 is 0 Å². The zero-order valence-corrected chi connectivity index (χ0v) is 12.0. The van der Waals surface area contributed by atoms with Gasteiger partial charge in [-0.05, 0) is 32.0 Å². The maximum Gasteiger partial charge on any atom is 0.151 e. The first-order valence-corrected chi connectivity index (χ1v) is 6.17. The number of halogens is 1. The Kier molecular flexibility index (Phi) is 3.76. The topological polar surface area (TPSA) is 52.3 Å². The van der Waals surface area contributed by atoms with Crippen LogP contribution < -0.4 is 4.74 Å². The van der Waals surface area contributed by atoms with Crippen molar-refractivity contribution in [3.8, 4) is 5.75 Å². The largest absolute Gasteiger partial charge is 0.496 e. The standard InChI is InChI=1S/C12H13BrN4O/c1-8-15-16-9(2)17(8)14-7-10-6-11(13)4-5-12(10)18-3/h4-7H,1-3H3/b14-7+. The Balaban J connectivity index is 2.37. The van der Waals surface area contributed by atoms with Gasteiger partial charge in [-0.2, -0.15) is 5.10 Å². The summed E-state index contributed by atoms with van der Waals surface area (Å²) in [4.78, 5) is 0. The molecule has 2 aromatic rings. The van der Waals surface area contributed by atoms with E-state index in [4.69, 9.17) is 4.74 Å². The van der Waals surface area contributed by atoms with Gasteiger partial charge >= 0.3 is 0 Å². The molecule has 18 heavy (non-hydrogen) atoms. The van der Waals surface area contributed by atoms with E-state index in [0.29, 0.717) is 0 Å². The molecule has 0 fully saturated rings. The van der Waals surface area contributed by atoms with Crippen LogP contribution >= 0.6 is 15.9 Å². The van der Waals surface area contributed by atoms with E-state index in [-0.39, 0.29) is 0 Å². The molecule has 0 bridgehead atoms. The third kappa shape index (κ3) is 2.59. The minimum absolute atomic E-state index is 0.748. The van der Waals surface area contributed by atoms with Gasteiger partial charge in [-0.3, -0.25) is 0 Å². The van der Waals surface area contributed by atoms with Crippen LogP contribution in [-0.4, -0.2) is 28.2 Å². The van der Waals surface area contributed by atoms with Gasteiger partial charge in [0.15, 0.2) is 11.6 Å². The molecule has 0 N–H and O–H groups in total. The fourth-order valence-corrected chi connectivity index (χ4v) is 1.94. The lowest BCUT2D eigenvalue weighted by Gasteiger charge is -2.04. The smallest absolute Gasteiger partial charge is 0.151 e. The minimum Gasteiger partial charge on any atom is -0.496 e. The minimum atomic E-state index is 0.748. The van der Waals surface area contributed by atoms with E-state index < -0.39 is 0 Å². The SMILES string of the molecule is COc1ccc(Br)cc1/C=N/n1c(C)nnc1C. The number of ether oxygens (including phenoxy) is 1. The van der Waals surface area contributed by atoms with Crippen molar-refractivity contribution in [2.24, 2.45) is 5.10 Å². The quantitative estimate of drug-likeness (QED) is 0.819. The van der Waals surface area contributed by atoms with Crippen LogP contribution in [0.5, 0.6) is 5.75 Å². The summed E-state index contributed by atoms with van der Waals surface area (Å²) in [5.41, 5.74) is 0.888. The molecule has 2 rings (SSSR count). The number of benzene rings is 1. The first-order chi connectivity index (χ1) is 8.61. The molecule has 0 atom stereocenters. The highest BCUT2D eigenvalue weighted by Gasteiger charge is 2.04. The Morgan fingerprint density at radius 3 is 2.56 bits per heavy atom. The fourth-order valence-electron chi connectivity index (χ4n) is 1.56. The molecular formula is C12H13BrN4O. The molecule has 0 radical (unpaired) electrons. The van der Waals surface area contributed by atoms with Gasteiger partial charge in [-0.15, -0.1) is 10.2 Å².